The van der Waals surface area contributed by atoms with E-state index in [4.69, 9.17) is 16.3 Å². The molecule has 2 aromatic carbocycles. The Kier molecular flexibility index (Phi) is 5.10. The molecule has 0 aliphatic carbocycles. The Bertz CT molecular complexity index is 901. The molecule has 3 rings (SSSR count). The van der Waals surface area contributed by atoms with Crippen LogP contribution in [0, 0.1) is 13.8 Å². The maximum Gasteiger partial charge on any atom is 0.137 e. The van der Waals surface area contributed by atoms with Crippen molar-refractivity contribution in [1.29, 1.82) is 0 Å². The van der Waals surface area contributed by atoms with Crippen LogP contribution in [0.25, 0.3) is 5.69 Å². The third kappa shape index (κ3) is 3.69. The molecule has 0 aliphatic heterocycles. The quantitative estimate of drug-likeness (QED) is 0.505. The van der Waals surface area contributed by atoms with Crippen LogP contribution >= 0.6 is 11.6 Å². The van der Waals surface area contributed by atoms with Gasteiger partial charge < -0.3 is 9.30 Å². The molecule has 0 saturated heterocycles. The highest BCUT2D eigenvalue weighted by atomic mass is 35.5. The van der Waals surface area contributed by atoms with Crippen LogP contribution in [-0.2, 0) is 0 Å². The second-order valence-electron chi connectivity index (χ2n) is 5.72. The van der Waals surface area contributed by atoms with Crippen LogP contribution < -0.4 is 10.2 Å². The van der Waals surface area contributed by atoms with Gasteiger partial charge in [-0.1, -0.05) is 29.8 Å². The number of methoxy groups -OCH3 is 1. The van der Waals surface area contributed by atoms with E-state index < -0.39 is 0 Å². The fourth-order valence-electron chi connectivity index (χ4n) is 2.80. The molecule has 128 valence electrons. The first-order valence-corrected chi connectivity index (χ1v) is 8.35. The van der Waals surface area contributed by atoms with E-state index in [0.717, 1.165) is 28.3 Å². The van der Waals surface area contributed by atoms with E-state index in [-0.39, 0.29) is 0 Å². The zero-order valence-electron chi connectivity index (χ0n) is 14.5. The van der Waals surface area contributed by atoms with Crippen molar-refractivity contribution in [3.8, 4) is 11.4 Å². The molecule has 1 heterocycles. The molecule has 0 bridgehead atoms. The number of para-hydroxylation sites is 1. The highest BCUT2D eigenvalue weighted by Gasteiger charge is 2.11. The molecule has 1 N–H and O–H groups in total. The van der Waals surface area contributed by atoms with Crippen LogP contribution in [0.2, 0.25) is 5.02 Å². The summed E-state index contributed by atoms with van der Waals surface area (Å²) in [7, 11) is 1.61. The van der Waals surface area contributed by atoms with Crippen LogP contribution in [0.4, 0.5) is 5.69 Å². The lowest BCUT2D eigenvalue weighted by atomic mass is 10.2. The first kappa shape index (κ1) is 17.1. The topological polar surface area (TPSA) is 38.5 Å². The van der Waals surface area contributed by atoms with E-state index in [1.54, 1.807) is 7.11 Å². The van der Waals surface area contributed by atoms with E-state index in [9.17, 15) is 0 Å². The van der Waals surface area contributed by atoms with Crippen LogP contribution in [0.3, 0.4) is 0 Å². The van der Waals surface area contributed by atoms with Crippen LogP contribution in [0.1, 0.15) is 17.0 Å². The van der Waals surface area contributed by atoms with E-state index in [0.29, 0.717) is 10.8 Å². The largest absolute Gasteiger partial charge is 0.495 e. The molecule has 0 amide bonds. The maximum atomic E-state index is 6.27. The van der Waals surface area contributed by atoms with E-state index >= 15 is 0 Å². The lowest BCUT2D eigenvalue weighted by Crippen LogP contribution is -2.00. The number of hydrogen-bond acceptors (Lipinski definition) is 3. The fourth-order valence-corrected chi connectivity index (χ4v) is 3.05. The summed E-state index contributed by atoms with van der Waals surface area (Å²) in [5.41, 5.74) is 8.24. The summed E-state index contributed by atoms with van der Waals surface area (Å²) in [6.07, 6.45) is 1.83. The molecule has 25 heavy (non-hydrogen) atoms. The summed E-state index contributed by atoms with van der Waals surface area (Å²) < 4.78 is 7.37. The number of hydrazone groups is 1. The number of benzene rings is 2. The van der Waals surface area contributed by atoms with Crippen molar-refractivity contribution in [2.75, 3.05) is 12.5 Å². The van der Waals surface area contributed by atoms with Gasteiger partial charge in [0.05, 0.1) is 24.0 Å². The number of ether oxygens (including phenoxy) is 1. The van der Waals surface area contributed by atoms with Crippen LogP contribution in [-0.4, -0.2) is 17.9 Å². The summed E-state index contributed by atoms with van der Waals surface area (Å²) >= 11 is 6.27. The predicted octanol–water partition coefficient (Wildman–Crippen LogP) is 5.20. The average Bonchev–Trinajstić information content (AvgIpc) is 2.89. The van der Waals surface area contributed by atoms with Crippen molar-refractivity contribution in [1.82, 2.24) is 4.57 Å². The molecule has 0 radical (unpaired) electrons. The van der Waals surface area contributed by atoms with Crippen LogP contribution in [0.15, 0.2) is 59.7 Å². The number of aromatic nitrogens is 1. The van der Waals surface area contributed by atoms with Gasteiger partial charge in [-0.2, -0.15) is 5.10 Å². The van der Waals surface area contributed by atoms with Crippen molar-refractivity contribution in [2.24, 2.45) is 5.10 Å². The van der Waals surface area contributed by atoms with Crippen molar-refractivity contribution in [3.63, 3.8) is 0 Å². The molecular formula is C20H20ClN3O. The zero-order valence-corrected chi connectivity index (χ0v) is 15.2. The first-order valence-electron chi connectivity index (χ1n) is 7.97. The Labute approximate surface area is 152 Å². The smallest absolute Gasteiger partial charge is 0.137 e. The number of aryl methyl sites for hydroxylation is 1. The second kappa shape index (κ2) is 7.45. The zero-order chi connectivity index (χ0) is 17.8. The molecule has 0 spiro atoms. The highest BCUT2D eigenvalue weighted by molar-refractivity contribution is 6.32. The minimum atomic E-state index is 0.591. The minimum Gasteiger partial charge on any atom is -0.495 e. The van der Waals surface area contributed by atoms with E-state index in [2.05, 4.69) is 35.0 Å². The predicted molar refractivity (Wildman–Crippen MR) is 104 cm³/mol. The van der Waals surface area contributed by atoms with Gasteiger partial charge in [0.2, 0.25) is 0 Å². The SMILES string of the molecule is COc1ccc(-n2c(C)cc(/C=N\Nc3ccccc3)c2C)cc1Cl. The normalized spacial score (nSPS) is 11.0. The number of anilines is 1. The van der Waals surface area contributed by atoms with Gasteiger partial charge in [-0.25, -0.2) is 0 Å². The highest BCUT2D eigenvalue weighted by Crippen LogP contribution is 2.28. The Morgan fingerprint density at radius 1 is 1.08 bits per heavy atom. The molecule has 0 fully saturated rings. The molecule has 3 aromatic rings. The monoisotopic (exact) mass is 353 g/mol. The summed E-state index contributed by atoms with van der Waals surface area (Å²) in [4.78, 5) is 0. The number of nitrogens with zero attached hydrogens (tertiary/aromatic N) is 2. The summed E-state index contributed by atoms with van der Waals surface area (Å²) in [5.74, 6) is 0.668. The van der Waals surface area contributed by atoms with Gasteiger partial charge >= 0.3 is 0 Å². The Morgan fingerprint density at radius 3 is 2.52 bits per heavy atom. The second-order valence-corrected chi connectivity index (χ2v) is 6.12. The van der Waals surface area contributed by atoms with Crippen LogP contribution in [0.5, 0.6) is 5.75 Å². The minimum absolute atomic E-state index is 0.591. The molecule has 0 aliphatic rings. The molecule has 4 nitrogen and oxygen atoms in total. The molecule has 5 heteroatoms. The Morgan fingerprint density at radius 2 is 1.84 bits per heavy atom. The summed E-state index contributed by atoms with van der Waals surface area (Å²) in [5, 5.41) is 4.92. The van der Waals surface area contributed by atoms with Gasteiger partial charge in [-0.05, 0) is 50.2 Å². The van der Waals surface area contributed by atoms with E-state index in [1.807, 2.05) is 54.7 Å². The van der Waals surface area contributed by atoms with Crippen molar-refractivity contribution >= 4 is 23.5 Å². The lowest BCUT2D eigenvalue weighted by Gasteiger charge is -2.11. The van der Waals surface area contributed by atoms with Crippen molar-refractivity contribution < 1.29 is 4.74 Å². The number of hydrogen-bond donors (Lipinski definition) is 1. The fraction of sp³-hybridized carbons (Fsp3) is 0.150. The molecule has 0 unspecified atom stereocenters. The summed E-state index contributed by atoms with van der Waals surface area (Å²) in [6.45, 7) is 4.13. The average molecular weight is 354 g/mol. The molecule has 0 saturated carbocycles. The van der Waals surface area contributed by atoms with Gasteiger partial charge in [0.15, 0.2) is 0 Å². The third-order valence-electron chi connectivity index (χ3n) is 4.03. The number of rotatable bonds is 5. The van der Waals surface area contributed by atoms with Gasteiger partial charge in [0.25, 0.3) is 0 Å². The third-order valence-corrected chi connectivity index (χ3v) is 4.33. The van der Waals surface area contributed by atoms with Gasteiger partial charge in [0, 0.05) is 22.6 Å². The van der Waals surface area contributed by atoms with Gasteiger partial charge in [-0.15, -0.1) is 0 Å². The van der Waals surface area contributed by atoms with Gasteiger partial charge in [0.1, 0.15) is 5.75 Å². The molecular weight excluding hydrogens is 334 g/mol. The standard InChI is InChI=1S/C20H20ClN3O/c1-14-11-16(13-22-23-17-7-5-4-6-8-17)15(2)24(14)18-9-10-20(25-3)19(21)12-18/h4-13,23H,1-3H3/b22-13-. The lowest BCUT2D eigenvalue weighted by molar-refractivity contribution is 0.415. The number of halogens is 1. The number of nitrogens with one attached hydrogen (secondary N) is 1. The molecule has 1 aromatic heterocycles. The van der Waals surface area contributed by atoms with Gasteiger partial charge in [-0.3, -0.25) is 5.43 Å². The summed E-state index contributed by atoms with van der Waals surface area (Å²) in [6, 6.07) is 17.7. The van der Waals surface area contributed by atoms with Crippen molar-refractivity contribution in [3.05, 3.63) is 76.6 Å². The van der Waals surface area contributed by atoms with Crippen molar-refractivity contribution in [2.45, 2.75) is 13.8 Å². The van der Waals surface area contributed by atoms with E-state index in [1.165, 1.54) is 0 Å². The molecule has 0 atom stereocenters. The first-order chi connectivity index (χ1) is 12.1. The maximum absolute atomic E-state index is 6.27. The Hall–Kier alpha value is -2.72. The Balaban J connectivity index is 1.87.